The maximum absolute atomic E-state index is 12.3. The lowest BCUT2D eigenvalue weighted by molar-refractivity contribution is -0.114. The molecule has 0 aliphatic heterocycles. The zero-order valence-corrected chi connectivity index (χ0v) is 12.6. The zero-order valence-electron chi connectivity index (χ0n) is 11.9. The highest BCUT2D eigenvalue weighted by Crippen LogP contribution is 2.22. The number of halogens is 1. The summed E-state index contributed by atoms with van der Waals surface area (Å²) in [6, 6.07) is 11.5. The molecule has 0 saturated heterocycles. The van der Waals surface area contributed by atoms with Crippen LogP contribution in [0.3, 0.4) is 0 Å². The third-order valence-electron chi connectivity index (χ3n) is 2.90. The highest BCUT2D eigenvalue weighted by Gasteiger charge is 2.12. The second kappa shape index (κ2) is 7.06. The largest absolute Gasteiger partial charge is 0.392 e. The standard InChI is InChI=1S/C16H15ClN2O3/c1-10(21)18-13-5-6-15(17)14(8-13)16(22)19-12-4-2-3-11(7-12)9-20/h2-8,20H,9H2,1H3,(H,18,21)(H,19,22). The molecule has 0 saturated carbocycles. The molecule has 0 radical (unpaired) electrons. The predicted octanol–water partition coefficient (Wildman–Crippen LogP) is 3.04. The Kier molecular flexibility index (Phi) is 5.14. The molecule has 2 aromatic carbocycles. The van der Waals surface area contributed by atoms with Crippen LogP contribution < -0.4 is 10.6 Å². The molecule has 0 heterocycles. The van der Waals surface area contributed by atoms with Gasteiger partial charge in [0, 0.05) is 18.3 Å². The Balaban J connectivity index is 2.22. The topological polar surface area (TPSA) is 78.4 Å². The molecule has 3 N–H and O–H groups in total. The summed E-state index contributed by atoms with van der Waals surface area (Å²) in [5.41, 5.74) is 1.99. The fourth-order valence-corrected chi connectivity index (χ4v) is 2.13. The van der Waals surface area contributed by atoms with Gasteiger partial charge in [0.1, 0.15) is 0 Å². The maximum Gasteiger partial charge on any atom is 0.257 e. The van der Waals surface area contributed by atoms with Gasteiger partial charge in [-0.1, -0.05) is 23.7 Å². The van der Waals surface area contributed by atoms with Crippen LogP contribution in [0.25, 0.3) is 0 Å². The number of aliphatic hydroxyl groups excluding tert-OH is 1. The number of nitrogens with one attached hydrogen (secondary N) is 2. The van der Waals surface area contributed by atoms with Crippen molar-refractivity contribution in [2.45, 2.75) is 13.5 Å². The lowest BCUT2D eigenvalue weighted by Crippen LogP contribution is -2.14. The molecule has 0 aliphatic rings. The number of carbonyl (C=O) groups is 2. The lowest BCUT2D eigenvalue weighted by Gasteiger charge is -2.10. The summed E-state index contributed by atoms with van der Waals surface area (Å²) in [5.74, 6) is -0.628. The van der Waals surface area contributed by atoms with Crippen LogP contribution in [-0.4, -0.2) is 16.9 Å². The Bertz CT molecular complexity index is 716. The van der Waals surface area contributed by atoms with Gasteiger partial charge in [0.15, 0.2) is 0 Å². The first-order valence-electron chi connectivity index (χ1n) is 6.58. The average molecular weight is 319 g/mol. The van der Waals surface area contributed by atoms with Crippen molar-refractivity contribution in [2.24, 2.45) is 0 Å². The summed E-state index contributed by atoms with van der Waals surface area (Å²) >= 11 is 6.04. The molecule has 0 spiro atoms. The van der Waals surface area contributed by atoms with E-state index in [1.54, 1.807) is 36.4 Å². The molecule has 22 heavy (non-hydrogen) atoms. The molecule has 2 rings (SSSR count). The van der Waals surface area contributed by atoms with Gasteiger partial charge in [0.05, 0.1) is 17.2 Å². The van der Waals surface area contributed by atoms with Gasteiger partial charge in [-0.05, 0) is 35.9 Å². The second-order valence-electron chi connectivity index (χ2n) is 4.69. The Labute approximate surface area is 132 Å². The SMILES string of the molecule is CC(=O)Nc1ccc(Cl)c(C(=O)Nc2cccc(CO)c2)c1. The molecule has 0 atom stereocenters. The van der Waals surface area contributed by atoms with Crippen LogP contribution >= 0.6 is 11.6 Å². The van der Waals surface area contributed by atoms with Gasteiger partial charge in [-0.25, -0.2) is 0 Å². The number of hydrogen-bond donors (Lipinski definition) is 3. The smallest absolute Gasteiger partial charge is 0.257 e. The number of rotatable bonds is 4. The first kappa shape index (κ1) is 16.0. The van der Waals surface area contributed by atoms with E-state index < -0.39 is 5.91 Å². The van der Waals surface area contributed by atoms with Gasteiger partial charge >= 0.3 is 0 Å². The molecule has 0 fully saturated rings. The van der Waals surface area contributed by atoms with Crippen molar-refractivity contribution in [2.75, 3.05) is 10.6 Å². The average Bonchev–Trinajstić information content (AvgIpc) is 2.48. The van der Waals surface area contributed by atoms with Crippen LogP contribution in [0.1, 0.15) is 22.8 Å². The molecule has 0 bridgehead atoms. The first-order chi connectivity index (χ1) is 10.5. The molecule has 2 aromatic rings. The molecular formula is C16H15ClN2O3. The van der Waals surface area contributed by atoms with Gasteiger partial charge in [-0.15, -0.1) is 0 Å². The highest BCUT2D eigenvalue weighted by molar-refractivity contribution is 6.34. The quantitative estimate of drug-likeness (QED) is 0.810. The molecule has 114 valence electrons. The summed E-state index contributed by atoms with van der Waals surface area (Å²) in [5, 5.41) is 14.7. The normalized spacial score (nSPS) is 10.1. The van der Waals surface area contributed by atoms with E-state index in [0.717, 1.165) is 0 Å². The fourth-order valence-electron chi connectivity index (χ4n) is 1.93. The Morgan fingerprint density at radius 1 is 1.09 bits per heavy atom. The molecule has 6 heteroatoms. The monoisotopic (exact) mass is 318 g/mol. The van der Waals surface area contributed by atoms with E-state index in [4.69, 9.17) is 16.7 Å². The predicted molar refractivity (Wildman–Crippen MR) is 86.1 cm³/mol. The van der Waals surface area contributed by atoms with Crippen molar-refractivity contribution in [3.8, 4) is 0 Å². The molecule has 0 aromatic heterocycles. The van der Waals surface area contributed by atoms with Crippen molar-refractivity contribution in [1.82, 2.24) is 0 Å². The van der Waals surface area contributed by atoms with E-state index in [1.165, 1.54) is 13.0 Å². The molecular weight excluding hydrogens is 304 g/mol. The number of aliphatic hydroxyl groups is 1. The number of amides is 2. The van der Waals surface area contributed by atoms with Crippen molar-refractivity contribution >= 4 is 34.8 Å². The van der Waals surface area contributed by atoms with Gasteiger partial charge in [0.2, 0.25) is 5.91 Å². The lowest BCUT2D eigenvalue weighted by atomic mass is 10.1. The van der Waals surface area contributed by atoms with Crippen molar-refractivity contribution in [1.29, 1.82) is 0 Å². The van der Waals surface area contributed by atoms with E-state index >= 15 is 0 Å². The fraction of sp³-hybridized carbons (Fsp3) is 0.125. The van der Waals surface area contributed by atoms with Gasteiger partial charge in [-0.2, -0.15) is 0 Å². The Morgan fingerprint density at radius 3 is 2.50 bits per heavy atom. The second-order valence-corrected chi connectivity index (χ2v) is 5.10. The van der Waals surface area contributed by atoms with Crippen molar-refractivity contribution in [3.05, 3.63) is 58.6 Å². The van der Waals surface area contributed by atoms with E-state index in [0.29, 0.717) is 16.9 Å². The van der Waals surface area contributed by atoms with Crippen LogP contribution in [0, 0.1) is 0 Å². The van der Waals surface area contributed by atoms with Gasteiger partial charge in [0.25, 0.3) is 5.91 Å². The van der Waals surface area contributed by atoms with Crippen LogP contribution in [0.4, 0.5) is 11.4 Å². The molecule has 0 unspecified atom stereocenters. The summed E-state index contributed by atoms with van der Waals surface area (Å²) in [6.07, 6.45) is 0. The van der Waals surface area contributed by atoms with E-state index in [9.17, 15) is 9.59 Å². The van der Waals surface area contributed by atoms with Crippen molar-refractivity contribution in [3.63, 3.8) is 0 Å². The van der Waals surface area contributed by atoms with E-state index in [-0.39, 0.29) is 23.1 Å². The van der Waals surface area contributed by atoms with E-state index in [1.807, 2.05) is 0 Å². The zero-order chi connectivity index (χ0) is 16.1. The minimum Gasteiger partial charge on any atom is -0.392 e. The summed E-state index contributed by atoms with van der Waals surface area (Å²) < 4.78 is 0. The number of carbonyl (C=O) groups excluding carboxylic acids is 2. The summed E-state index contributed by atoms with van der Waals surface area (Å²) in [7, 11) is 0. The minimum absolute atomic E-state index is 0.109. The molecule has 0 aliphatic carbocycles. The summed E-state index contributed by atoms with van der Waals surface area (Å²) in [4.78, 5) is 23.4. The first-order valence-corrected chi connectivity index (χ1v) is 6.95. The van der Waals surface area contributed by atoms with Crippen LogP contribution in [-0.2, 0) is 11.4 Å². The number of anilines is 2. The van der Waals surface area contributed by atoms with Crippen molar-refractivity contribution < 1.29 is 14.7 Å². The van der Waals surface area contributed by atoms with E-state index in [2.05, 4.69) is 10.6 Å². The number of hydrogen-bond acceptors (Lipinski definition) is 3. The minimum atomic E-state index is -0.396. The maximum atomic E-state index is 12.3. The molecule has 2 amide bonds. The van der Waals surface area contributed by atoms with Crippen LogP contribution in [0.5, 0.6) is 0 Å². The van der Waals surface area contributed by atoms with Gasteiger partial charge in [-0.3, -0.25) is 9.59 Å². The third-order valence-corrected chi connectivity index (χ3v) is 3.23. The number of benzene rings is 2. The third kappa shape index (κ3) is 4.07. The Hall–Kier alpha value is -2.37. The summed E-state index contributed by atoms with van der Waals surface area (Å²) in [6.45, 7) is 1.28. The van der Waals surface area contributed by atoms with Crippen LogP contribution in [0.15, 0.2) is 42.5 Å². The van der Waals surface area contributed by atoms with Crippen LogP contribution in [0.2, 0.25) is 5.02 Å². The molecule has 5 nitrogen and oxygen atoms in total. The Morgan fingerprint density at radius 2 is 1.82 bits per heavy atom. The highest BCUT2D eigenvalue weighted by atomic mass is 35.5. The van der Waals surface area contributed by atoms with Gasteiger partial charge < -0.3 is 15.7 Å².